The van der Waals surface area contributed by atoms with Crippen molar-refractivity contribution >= 4 is 39.9 Å². The summed E-state index contributed by atoms with van der Waals surface area (Å²) < 4.78 is 42.7. The van der Waals surface area contributed by atoms with E-state index in [9.17, 15) is 22.8 Å². The molecule has 0 aromatic carbocycles. The number of alkyl halides is 3. The Hall–Kier alpha value is -3.42. The summed E-state index contributed by atoms with van der Waals surface area (Å²) in [5, 5.41) is 21.5. The van der Waals surface area contributed by atoms with Crippen molar-refractivity contribution in [2.24, 2.45) is 18.9 Å². The van der Waals surface area contributed by atoms with E-state index in [0.29, 0.717) is 47.6 Å². The maximum atomic E-state index is 13.4. The van der Waals surface area contributed by atoms with Crippen molar-refractivity contribution in [3.63, 3.8) is 0 Å². The maximum Gasteiger partial charge on any atom is 0.282 e. The number of hydrogen-bond acceptors (Lipinski definition) is 7. The number of nitrogens with zero attached hydrogens (tertiary/aromatic N) is 5. The molecule has 0 bridgehead atoms. The third-order valence-electron chi connectivity index (χ3n) is 7.73. The van der Waals surface area contributed by atoms with Crippen LogP contribution < -0.4 is 16.0 Å². The summed E-state index contributed by atoms with van der Waals surface area (Å²) in [6.45, 7) is 0.594. The van der Waals surface area contributed by atoms with Crippen LogP contribution in [0, 0.1) is 11.8 Å². The first-order valence-corrected chi connectivity index (χ1v) is 13.9. The number of hydrogen-bond donors (Lipinski definition) is 3. The number of carbonyl (C=O) groups is 2. The monoisotopic (exact) mass is 562 g/mol. The van der Waals surface area contributed by atoms with Gasteiger partial charge < -0.3 is 16.0 Å². The van der Waals surface area contributed by atoms with Gasteiger partial charge in [0.1, 0.15) is 29.0 Å². The molecule has 2 amide bonds. The molecule has 6 rings (SSSR count). The molecule has 39 heavy (non-hydrogen) atoms. The molecule has 0 saturated heterocycles. The molecule has 14 heteroatoms. The quantitative estimate of drug-likeness (QED) is 0.358. The topological polar surface area (TPSA) is 119 Å². The highest BCUT2D eigenvalue weighted by molar-refractivity contribution is 7.17. The highest BCUT2D eigenvalue weighted by Crippen LogP contribution is 2.43. The second-order valence-corrected chi connectivity index (χ2v) is 11.7. The first kappa shape index (κ1) is 25.8. The van der Waals surface area contributed by atoms with E-state index in [1.54, 1.807) is 13.4 Å². The molecule has 2 saturated carbocycles. The second kappa shape index (κ2) is 10.3. The smallest absolute Gasteiger partial charge is 0.282 e. The molecule has 0 unspecified atom stereocenters. The summed E-state index contributed by atoms with van der Waals surface area (Å²) >= 11 is 1.41. The fraction of sp³-hybridized carbons (Fsp3) is 0.560. The summed E-state index contributed by atoms with van der Waals surface area (Å²) in [7, 11) is 1.56. The average Bonchev–Trinajstić information content (AvgIpc) is 3.30. The molecule has 0 radical (unpaired) electrons. The van der Waals surface area contributed by atoms with E-state index in [0.717, 1.165) is 29.7 Å². The van der Waals surface area contributed by atoms with Crippen LogP contribution in [0.4, 0.5) is 29.9 Å². The van der Waals surface area contributed by atoms with E-state index in [2.05, 4.69) is 31.2 Å². The van der Waals surface area contributed by atoms with Gasteiger partial charge in [-0.3, -0.25) is 18.8 Å². The largest absolute Gasteiger partial charge is 0.352 e. The van der Waals surface area contributed by atoms with Crippen LogP contribution in [0.15, 0.2) is 12.4 Å². The standard InChI is InChI=1S/C25H29F3N8O2S/c1-35-19(9-17(34-35)21(27)28)31-25-33-30-11-36(25)15-4-5-18-16(8-15)20(23(38)29-10-12-2-3-12)24(39-18)32-22(37)13-6-14(26)7-13/h9,11-15,21H,2-8,10H2,1H3,(H,29,38)(H,31,33)(H,32,37)/t13?,14?,15-/m0/s1. The van der Waals surface area contributed by atoms with E-state index in [1.165, 1.54) is 22.1 Å². The molecule has 2 fully saturated rings. The SMILES string of the molecule is Cn1nc(C(F)F)cc1Nc1nncn1[C@H]1CCc2sc(NC(=O)C3CC(F)C3)c(C(=O)NCC3CC3)c2C1. The Kier molecular flexibility index (Phi) is 6.81. The third kappa shape index (κ3) is 5.25. The lowest BCUT2D eigenvalue weighted by Crippen LogP contribution is -2.36. The van der Waals surface area contributed by atoms with Gasteiger partial charge in [0.05, 0.1) is 5.56 Å². The van der Waals surface area contributed by atoms with Gasteiger partial charge in [0.2, 0.25) is 11.9 Å². The summed E-state index contributed by atoms with van der Waals surface area (Å²) in [4.78, 5) is 27.2. The average molecular weight is 563 g/mol. The van der Waals surface area contributed by atoms with Crippen LogP contribution in [0.2, 0.25) is 0 Å². The molecule has 3 aromatic rings. The Bertz CT molecular complexity index is 1390. The number of aryl methyl sites for hydroxylation is 2. The van der Waals surface area contributed by atoms with E-state index in [1.807, 2.05) is 4.57 Å². The number of aromatic nitrogens is 5. The summed E-state index contributed by atoms with van der Waals surface area (Å²) in [6, 6.07) is 1.16. The van der Waals surface area contributed by atoms with E-state index >= 15 is 0 Å². The van der Waals surface area contributed by atoms with Crippen LogP contribution in [0.5, 0.6) is 0 Å². The predicted molar refractivity (Wildman–Crippen MR) is 138 cm³/mol. The maximum absolute atomic E-state index is 13.4. The molecule has 3 aromatic heterocycles. The summed E-state index contributed by atoms with van der Waals surface area (Å²) in [6.07, 6.45) is 2.47. The molecule has 1 atom stereocenters. The summed E-state index contributed by atoms with van der Waals surface area (Å²) in [5.41, 5.74) is 1.00. The number of halogens is 3. The molecule has 10 nitrogen and oxygen atoms in total. The lowest BCUT2D eigenvalue weighted by atomic mass is 9.83. The minimum absolute atomic E-state index is 0.107. The minimum atomic E-state index is -2.69. The van der Waals surface area contributed by atoms with Crippen LogP contribution in [0.1, 0.15) is 71.1 Å². The van der Waals surface area contributed by atoms with Crippen LogP contribution in [-0.2, 0) is 24.7 Å². The highest BCUT2D eigenvalue weighted by atomic mass is 32.1. The van der Waals surface area contributed by atoms with Gasteiger partial charge in [-0.15, -0.1) is 21.5 Å². The zero-order chi connectivity index (χ0) is 27.3. The number of carbonyl (C=O) groups excluding carboxylic acids is 2. The Morgan fingerprint density at radius 2 is 2.03 bits per heavy atom. The Morgan fingerprint density at radius 1 is 1.23 bits per heavy atom. The Balaban J connectivity index is 1.25. The van der Waals surface area contributed by atoms with Gasteiger partial charge in [-0.05, 0) is 56.4 Å². The third-order valence-corrected chi connectivity index (χ3v) is 8.93. The van der Waals surface area contributed by atoms with Crippen molar-refractivity contribution in [3.05, 3.63) is 34.1 Å². The molecular weight excluding hydrogens is 533 g/mol. The Morgan fingerprint density at radius 3 is 2.72 bits per heavy atom. The number of rotatable bonds is 9. The van der Waals surface area contributed by atoms with Crippen molar-refractivity contribution in [2.75, 3.05) is 17.2 Å². The van der Waals surface area contributed by atoms with Crippen molar-refractivity contribution in [1.82, 2.24) is 29.9 Å². The molecular formula is C25H29F3N8O2S. The minimum Gasteiger partial charge on any atom is -0.352 e. The second-order valence-electron chi connectivity index (χ2n) is 10.6. The number of anilines is 3. The molecule has 3 aliphatic rings. The van der Waals surface area contributed by atoms with Crippen molar-refractivity contribution in [3.8, 4) is 0 Å². The van der Waals surface area contributed by atoms with Crippen molar-refractivity contribution < 1.29 is 22.8 Å². The number of nitrogens with one attached hydrogen (secondary N) is 3. The van der Waals surface area contributed by atoms with Gasteiger partial charge in [-0.1, -0.05) is 0 Å². The zero-order valence-corrected chi connectivity index (χ0v) is 22.1. The van der Waals surface area contributed by atoms with Gasteiger partial charge in [0.15, 0.2) is 0 Å². The first-order chi connectivity index (χ1) is 18.8. The van der Waals surface area contributed by atoms with Gasteiger partial charge >= 0.3 is 0 Å². The molecule has 208 valence electrons. The van der Waals surface area contributed by atoms with E-state index in [-0.39, 0.29) is 42.3 Å². The lowest BCUT2D eigenvalue weighted by molar-refractivity contribution is -0.124. The van der Waals surface area contributed by atoms with E-state index < -0.39 is 12.6 Å². The molecule has 3 heterocycles. The van der Waals surface area contributed by atoms with Crippen LogP contribution >= 0.6 is 11.3 Å². The highest BCUT2D eigenvalue weighted by Gasteiger charge is 2.37. The van der Waals surface area contributed by atoms with Crippen LogP contribution in [0.3, 0.4) is 0 Å². The molecule has 3 N–H and O–H groups in total. The Labute approximate surface area is 226 Å². The van der Waals surface area contributed by atoms with E-state index in [4.69, 9.17) is 0 Å². The molecule has 0 aliphatic heterocycles. The fourth-order valence-electron chi connectivity index (χ4n) is 5.18. The first-order valence-electron chi connectivity index (χ1n) is 13.1. The van der Waals surface area contributed by atoms with Crippen LogP contribution in [-0.4, -0.2) is 49.1 Å². The van der Waals surface area contributed by atoms with Gasteiger partial charge in [0.25, 0.3) is 12.3 Å². The predicted octanol–water partition coefficient (Wildman–Crippen LogP) is 4.31. The van der Waals surface area contributed by atoms with Crippen molar-refractivity contribution in [1.29, 1.82) is 0 Å². The fourth-order valence-corrected chi connectivity index (χ4v) is 6.43. The van der Waals surface area contributed by atoms with Gasteiger partial charge in [-0.2, -0.15) is 5.10 Å². The molecule has 0 spiro atoms. The summed E-state index contributed by atoms with van der Waals surface area (Å²) in [5.74, 6) is 0.375. The molecule has 3 aliphatic carbocycles. The number of amides is 2. The number of thiophene rings is 1. The van der Waals surface area contributed by atoms with Crippen molar-refractivity contribution in [2.45, 2.75) is 63.6 Å². The lowest BCUT2D eigenvalue weighted by Gasteiger charge is -2.28. The number of fused-ring (bicyclic) bond motifs is 1. The zero-order valence-electron chi connectivity index (χ0n) is 21.3. The normalized spacial score (nSPS) is 22.3. The van der Waals surface area contributed by atoms with Crippen LogP contribution in [0.25, 0.3) is 0 Å². The van der Waals surface area contributed by atoms with Gasteiger partial charge in [0, 0.05) is 36.5 Å². The van der Waals surface area contributed by atoms with Gasteiger partial charge in [-0.25, -0.2) is 13.2 Å².